The molecule has 1 aromatic carbocycles. The van der Waals surface area contributed by atoms with E-state index in [2.05, 4.69) is 5.32 Å². The molecule has 0 saturated carbocycles. The molecule has 0 spiro atoms. The van der Waals surface area contributed by atoms with Gasteiger partial charge in [-0.05, 0) is 32.9 Å². The lowest BCUT2D eigenvalue weighted by Gasteiger charge is -2.23. The van der Waals surface area contributed by atoms with Crippen molar-refractivity contribution >= 4 is 29.7 Å². The Morgan fingerprint density at radius 1 is 1.35 bits per heavy atom. The first-order valence-corrected chi connectivity index (χ1v) is 8.04. The van der Waals surface area contributed by atoms with Gasteiger partial charge in [0.1, 0.15) is 5.60 Å². The van der Waals surface area contributed by atoms with Gasteiger partial charge in [-0.25, -0.2) is 4.79 Å². The highest BCUT2D eigenvalue weighted by Crippen LogP contribution is 2.24. The summed E-state index contributed by atoms with van der Waals surface area (Å²) in [5, 5.41) is 3.08. The summed E-state index contributed by atoms with van der Waals surface area (Å²) in [5.41, 5.74) is 0.649. The molecule has 130 valence electrons. The van der Waals surface area contributed by atoms with Crippen LogP contribution in [0.3, 0.4) is 0 Å². The number of anilines is 1. The maximum absolute atomic E-state index is 11.5. The molecule has 23 heavy (non-hydrogen) atoms. The molecule has 0 unspecified atom stereocenters. The van der Waals surface area contributed by atoms with Gasteiger partial charge in [-0.3, -0.25) is 4.79 Å². The number of aldehydes is 1. The molecule has 6 heteroatoms. The predicted octanol–water partition coefficient (Wildman–Crippen LogP) is 4.14. The number of alkyl carbamates (subject to hydrolysis) is 1. The number of carbonyl (C=O) groups is 2. The van der Waals surface area contributed by atoms with E-state index in [4.69, 9.17) is 16.3 Å². The summed E-state index contributed by atoms with van der Waals surface area (Å²) in [6.45, 7) is 10.3. The number of hydrogen-bond donors (Lipinski definition) is 1. The molecule has 1 amide bonds. The molecular weight excluding hydrogens is 316 g/mol. The molecule has 1 rings (SSSR count). The van der Waals surface area contributed by atoms with E-state index >= 15 is 0 Å². The van der Waals surface area contributed by atoms with Gasteiger partial charge in [0.05, 0.1) is 10.6 Å². The first-order valence-electron chi connectivity index (χ1n) is 7.66. The Morgan fingerprint density at radius 3 is 2.48 bits per heavy atom. The van der Waals surface area contributed by atoms with Gasteiger partial charge in [0.2, 0.25) is 0 Å². The molecule has 0 radical (unpaired) electrons. The van der Waals surface area contributed by atoms with Crippen LogP contribution in [0.2, 0.25) is 5.02 Å². The van der Waals surface area contributed by atoms with Gasteiger partial charge in [0.25, 0.3) is 0 Å². The Labute approximate surface area is 144 Å². The molecule has 0 aliphatic rings. The minimum atomic E-state index is -0.520. The van der Waals surface area contributed by atoms with Crippen LogP contribution in [0.4, 0.5) is 10.5 Å². The van der Waals surface area contributed by atoms with Gasteiger partial charge in [-0.1, -0.05) is 31.5 Å². The minimum Gasteiger partial charge on any atom is -0.444 e. The predicted molar refractivity (Wildman–Crippen MR) is 95.7 cm³/mol. The average Bonchev–Trinajstić information content (AvgIpc) is 2.47. The number of hydrogen-bond acceptors (Lipinski definition) is 4. The summed E-state index contributed by atoms with van der Waals surface area (Å²) < 4.78 is 5.14. The fourth-order valence-electron chi connectivity index (χ4n) is 1.74. The summed E-state index contributed by atoms with van der Waals surface area (Å²) in [6, 6.07) is 5.26. The first-order chi connectivity index (χ1) is 10.7. The van der Waals surface area contributed by atoms with Crippen molar-refractivity contribution < 1.29 is 14.3 Å². The van der Waals surface area contributed by atoms with Crippen LogP contribution in [-0.2, 0) is 4.74 Å². The van der Waals surface area contributed by atoms with Crippen LogP contribution in [0.1, 0.15) is 45.0 Å². The average molecular weight is 343 g/mol. The molecule has 0 atom stereocenters. The van der Waals surface area contributed by atoms with E-state index < -0.39 is 11.7 Å². The Morgan fingerprint density at radius 2 is 1.96 bits per heavy atom. The van der Waals surface area contributed by atoms with E-state index in [0.717, 1.165) is 12.0 Å². The smallest absolute Gasteiger partial charge is 0.407 e. The highest BCUT2D eigenvalue weighted by Gasteiger charge is 2.16. The zero-order chi connectivity index (χ0) is 18.0. The topological polar surface area (TPSA) is 58.6 Å². The van der Waals surface area contributed by atoms with E-state index in [-0.39, 0.29) is 0 Å². The summed E-state index contributed by atoms with van der Waals surface area (Å²) >= 11 is 5.98. The Hall–Kier alpha value is -1.75. The van der Waals surface area contributed by atoms with Crippen molar-refractivity contribution in [2.24, 2.45) is 0 Å². The molecule has 1 aromatic rings. The normalized spacial score (nSPS) is 10.2. The highest BCUT2D eigenvalue weighted by atomic mass is 35.5. The van der Waals surface area contributed by atoms with Crippen molar-refractivity contribution in [3.63, 3.8) is 0 Å². The van der Waals surface area contributed by atoms with Crippen LogP contribution in [0.15, 0.2) is 18.2 Å². The van der Waals surface area contributed by atoms with Crippen molar-refractivity contribution in [1.29, 1.82) is 0 Å². The van der Waals surface area contributed by atoms with Gasteiger partial charge in [0.15, 0.2) is 6.29 Å². The lowest BCUT2D eigenvalue weighted by Crippen LogP contribution is -2.37. The number of nitrogens with zero attached hydrogens (tertiary/aromatic N) is 1. The molecule has 0 heterocycles. The van der Waals surface area contributed by atoms with Crippen LogP contribution in [0.25, 0.3) is 0 Å². The van der Waals surface area contributed by atoms with Crippen LogP contribution in [0.5, 0.6) is 0 Å². The van der Waals surface area contributed by atoms with E-state index in [0.29, 0.717) is 23.7 Å². The first kappa shape index (κ1) is 21.2. The van der Waals surface area contributed by atoms with Gasteiger partial charge in [-0.2, -0.15) is 0 Å². The molecule has 0 saturated heterocycles. The van der Waals surface area contributed by atoms with Crippen LogP contribution in [0, 0.1) is 0 Å². The molecule has 1 N–H and O–H groups in total. The molecule has 0 aliphatic heterocycles. The van der Waals surface area contributed by atoms with Crippen molar-refractivity contribution in [3.05, 3.63) is 28.8 Å². The second-order valence-electron chi connectivity index (χ2n) is 5.64. The summed E-state index contributed by atoms with van der Waals surface area (Å²) in [4.78, 5) is 24.5. The number of ether oxygens (including phenoxy) is 1. The monoisotopic (exact) mass is 342 g/mol. The molecule has 0 fully saturated rings. The molecule has 0 bridgehead atoms. The molecule has 0 aliphatic carbocycles. The summed E-state index contributed by atoms with van der Waals surface area (Å²) in [5.74, 6) is 0. The van der Waals surface area contributed by atoms with Crippen molar-refractivity contribution in [1.82, 2.24) is 5.32 Å². The lowest BCUT2D eigenvalue weighted by atomic mass is 10.2. The highest BCUT2D eigenvalue weighted by molar-refractivity contribution is 6.33. The fraction of sp³-hybridized carbons (Fsp3) is 0.529. The Balaban J connectivity index is 0.00000232. The SMILES string of the molecule is CC.CN(CCNC(=O)OC(C)(C)C)c1cccc(Cl)c1C=O. The van der Waals surface area contributed by atoms with Gasteiger partial charge >= 0.3 is 6.09 Å². The number of amides is 1. The number of halogens is 1. The Kier molecular flexibility index (Phi) is 9.34. The van der Waals surface area contributed by atoms with E-state index in [1.54, 1.807) is 32.9 Å². The number of nitrogens with one attached hydrogen (secondary N) is 1. The maximum atomic E-state index is 11.5. The number of benzene rings is 1. The van der Waals surface area contributed by atoms with Crippen LogP contribution < -0.4 is 10.2 Å². The maximum Gasteiger partial charge on any atom is 0.407 e. The summed E-state index contributed by atoms with van der Waals surface area (Å²) in [6.07, 6.45) is 0.271. The van der Waals surface area contributed by atoms with Gasteiger partial charge in [0, 0.05) is 25.8 Å². The second kappa shape index (κ2) is 10.1. The van der Waals surface area contributed by atoms with Crippen LogP contribution in [-0.4, -0.2) is 38.1 Å². The van der Waals surface area contributed by atoms with Crippen molar-refractivity contribution in [2.75, 3.05) is 25.0 Å². The number of rotatable bonds is 5. The van der Waals surface area contributed by atoms with Gasteiger partial charge < -0.3 is 15.0 Å². The van der Waals surface area contributed by atoms with E-state index in [1.807, 2.05) is 31.9 Å². The van der Waals surface area contributed by atoms with Gasteiger partial charge in [-0.15, -0.1) is 0 Å². The zero-order valence-corrected chi connectivity index (χ0v) is 15.5. The summed E-state index contributed by atoms with van der Waals surface area (Å²) in [7, 11) is 1.83. The molecular formula is C17H27ClN2O3. The lowest BCUT2D eigenvalue weighted by molar-refractivity contribution is 0.0529. The second-order valence-corrected chi connectivity index (χ2v) is 6.05. The molecule has 0 aromatic heterocycles. The third kappa shape index (κ3) is 7.88. The fourth-order valence-corrected chi connectivity index (χ4v) is 1.95. The van der Waals surface area contributed by atoms with E-state index in [1.165, 1.54) is 0 Å². The quantitative estimate of drug-likeness (QED) is 0.817. The van der Waals surface area contributed by atoms with E-state index in [9.17, 15) is 9.59 Å². The number of carbonyl (C=O) groups excluding carboxylic acids is 2. The van der Waals surface area contributed by atoms with Crippen molar-refractivity contribution in [2.45, 2.75) is 40.2 Å². The van der Waals surface area contributed by atoms with Crippen LogP contribution >= 0.6 is 11.6 Å². The largest absolute Gasteiger partial charge is 0.444 e. The third-order valence-corrected chi connectivity index (χ3v) is 3.00. The Bertz CT molecular complexity index is 513. The minimum absolute atomic E-state index is 0.399. The third-order valence-electron chi connectivity index (χ3n) is 2.67. The van der Waals surface area contributed by atoms with Crippen molar-refractivity contribution in [3.8, 4) is 0 Å². The standard InChI is InChI=1S/C15H21ClN2O3.C2H6/c1-15(2,3)21-14(20)17-8-9-18(4)13-7-5-6-12(16)11(13)10-19;1-2/h5-7,10H,8-9H2,1-4H3,(H,17,20);1-2H3. The number of likely N-dealkylation sites (N-methyl/N-ethyl adjacent to an activating group) is 1. The zero-order valence-electron chi connectivity index (χ0n) is 14.8. The molecule has 5 nitrogen and oxygen atoms in total.